The van der Waals surface area contributed by atoms with Crippen molar-refractivity contribution in [1.29, 1.82) is 0 Å². The zero-order valence-corrected chi connectivity index (χ0v) is 16.1. The van der Waals surface area contributed by atoms with E-state index in [-0.39, 0.29) is 4.49 Å². The third-order valence-electron chi connectivity index (χ3n) is 2.55. The normalized spacial score (nSPS) is 10.3. The van der Waals surface area contributed by atoms with E-state index in [0.717, 1.165) is 40.5 Å². The van der Waals surface area contributed by atoms with Gasteiger partial charge in [0.25, 0.3) is 0 Å². The summed E-state index contributed by atoms with van der Waals surface area (Å²) in [5, 5.41) is 0. The van der Waals surface area contributed by atoms with Crippen LogP contribution in [0.4, 0.5) is 0 Å². The van der Waals surface area contributed by atoms with Crippen LogP contribution in [0.2, 0.25) is 0 Å². The van der Waals surface area contributed by atoms with Gasteiger partial charge in [-0.15, -0.1) is 0 Å². The molecule has 0 aliphatic carbocycles. The molecule has 0 aliphatic rings. The van der Waals surface area contributed by atoms with Crippen LogP contribution in [0.3, 0.4) is 0 Å². The Labute approximate surface area is 152 Å². The summed E-state index contributed by atoms with van der Waals surface area (Å²) in [7, 11) is 0. The number of hydrogen-bond donors (Lipinski definition) is 1. The molecule has 0 amide bonds. The second-order valence-electron chi connectivity index (χ2n) is 4.22. The SMILES string of the molecule is NCCCCCOc1c(Br)cc(OCC=C(Cl)Cl)cc1Br. The van der Waals surface area contributed by atoms with Crippen molar-refractivity contribution in [1.82, 2.24) is 0 Å². The number of ether oxygens (including phenoxy) is 2. The van der Waals surface area contributed by atoms with E-state index >= 15 is 0 Å². The Hall–Kier alpha value is 0.0600. The number of halogens is 4. The molecule has 7 heteroatoms. The molecule has 1 aromatic rings. The zero-order chi connectivity index (χ0) is 15.7. The van der Waals surface area contributed by atoms with Crippen LogP contribution >= 0.6 is 55.1 Å². The molecular formula is C14H17Br2Cl2NO2. The fourth-order valence-electron chi connectivity index (χ4n) is 1.56. The lowest BCUT2D eigenvalue weighted by molar-refractivity contribution is 0.300. The molecule has 0 saturated carbocycles. The highest BCUT2D eigenvalue weighted by atomic mass is 79.9. The minimum atomic E-state index is 0.186. The minimum Gasteiger partial charge on any atom is -0.491 e. The highest BCUT2D eigenvalue weighted by molar-refractivity contribution is 9.11. The van der Waals surface area contributed by atoms with Crippen LogP contribution in [0.5, 0.6) is 11.5 Å². The van der Waals surface area contributed by atoms with E-state index in [1.807, 2.05) is 12.1 Å². The van der Waals surface area contributed by atoms with Gasteiger partial charge in [-0.05, 0) is 75.9 Å². The molecule has 3 nitrogen and oxygen atoms in total. The average molecular weight is 462 g/mol. The van der Waals surface area contributed by atoms with Gasteiger partial charge in [0, 0.05) is 0 Å². The predicted molar refractivity (Wildman–Crippen MR) is 95.5 cm³/mol. The lowest BCUT2D eigenvalue weighted by atomic mass is 10.2. The number of rotatable bonds is 9. The van der Waals surface area contributed by atoms with Crippen molar-refractivity contribution >= 4 is 55.1 Å². The third-order valence-corrected chi connectivity index (χ3v) is 4.04. The second kappa shape index (κ2) is 10.7. The predicted octanol–water partition coefficient (Wildman–Crippen LogP) is 5.42. The van der Waals surface area contributed by atoms with Crippen LogP contribution < -0.4 is 15.2 Å². The number of hydrogen-bond acceptors (Lipinski definition) is 3. The van der Waals surface area contributed by atoms with E-state index in [0.29, 0.717) is 19.0 Å². The zero-order valence-electron chi connectivity index (χ0n) is 11.4. The van der Waals surface area contributed by atoms with Gasteiger partial charge in [0.2, 0.25) is 0 Å². The van der Waals surface area contributed by atoms with Crippen molar-refractivity contribution in [3.63, 3.8) is 0 Å². The fourth-order valence-corrected chi connectivity index (χ4v) is 3.06. The summed E-state index contributed by atoms with van der Waals surface area (Å²) in [4.78, 5) is 0. The van der Waals surface area contributed by atoms with Gasteiger partial charge in [-0.25, -0.2) is 0 Å². The van der Waals surface area contributed by atoms with Gasteiger partial charge in [-0.2, -0.15) is 0 Å². The molecule has 0 radical (unpaired) electrons. The Kier molecular flexibility index (Phi) is 9.76. The third kappa shape index (κ3) is 7.75. The highest BCUT2D eigenvalue weighted by Crippen LogP contribution is 2.37. The smallest absolute Gasteiger partial charge is 0.147 e. The summed E-state index contributed by atoms with van der Waals surface area (Å²) in [6, 6.07) is 3.69. The molecule has 0 aliphatic heterocycles. The Balaban J connectivity index is 2.56. The van der Waals surface area contributed by atoms with Crippen LogP contribution in [0.15, 0.2) is 31.6 Å². The van der Waals surface area contributed by atoms with Crippen LogP contribution in [0.25, 0.3) is 0 Å². The van der Waals surface area contributed by atoms with E-state index < -0.39 is 0 Å². The summed E-state index contributed by atoms with van der Waals surface area (Å²) in [6.45, 7) is 1.68. The monoisotopic (exact) mass is 459 g/mol. The van der Waals surface area contributed by atoms with Crippen LogP contribution in [0.1, 0.15) is 19.3 Å². The fraction of sp³-hybridized carbons (Fsp3) is 0.429. The summed E-state index contributed by atoms with van der Waals surface area (Å²) in [5.74, 6) is 1.45. The Morgan fingerprint density at radius 1 is 1.10 bits per heavy atom. The first-order valence-corrected chi connectivity index (χ1v) is 8.84. The quantitative estimate of drug-likeness (QED) is 0.499. The molecule has 1 rings (SSSR count). The van der Waals surface area contributed by atoms with Gasteiger partial charge >= 0.3 is 0 Å². The molecular weight excluding hydrogens is 445 g/mol. The second-order valence-corrected chi connectivity index (χ2v) is 6.94. The number of unbranched alkanes of at least 4 members (excludes halogenated alkanes) is 2. The maximum absolute atomic E-state index is 5.77. The lowest BCUT2D eigenvalue weighted by Crippen LogP contribution is -2.02. The average Bonchev–Trinajstić information content (AvgIpc) is 2.40. The van der Waals surface area contributed by atoms with Crippen molar-refractivity contribution in [2.75, 3.05) is 19.8 Å². The first-order chi connectivity index (χ1) is 10.0. The largest absolute Gasteiger partial charge is 0.491 e. The van der Waals surface area contributed by atoms with Gasteiger partial charge in [-0.1, -0.05) is 23.2 Å². The van der Waals surface area contributed by atoms with Gasteiger partial charge in [0.05, 0.1) is 15.6 Å². The molecule has 2 N–H and O–H groups in total. The number of benzene rings is 1. The molecule has 0 bridgehead atoms. The van der Waals surface area contributed by atoms with Crippen molar-refractivity contribution < 1.29 is 9.47 Å². The Bertz CT molecular complexity index is 457. The molecule has 21 heavy (non-hydrogen) atoms. The molecule has 1 aromatic carbocycles. The summed E-state index contributed by atoms with van der Waals surface area (Å²) < 4.78 is 13.1. The van der Waals surface area contributed by atoms with E-state index in [1.54, 1.807) is 6.08 Å². The van der Waals surface area contributed by atoms with Crippen molar-refractivity contribution in [2.45, 2.75) is 19.3 Å². The Morgan fingerprint density at radius 2 is 1.76 bits per heavy atom. The summed E-state index contributed by atoms with van der Waals surface area (Å²) in [6.07, 6.45) is 4.65. The molecule has 0 heterocycles. The lowest BCUT2D eigenvalue weighted by Gasteiger charge is -2.12. The summed E-state index contributed by atoms with van der Waals surface area (Å²) in [5.41, 5.74) is 5.46. The first-order valence-electron chi connectivity index (χ1n) is 6.50. The molecule has 0 aromatic heterocycles. The van der Waals surface area contributed by atoms with E-state index in [2.05, 4.69) is 31.9 Å². The van der Waals surface area contributed by atoms with Crippen LogP contribution in [-0.2, 0) is 0 Å². The Morgan fingerprint density at radius 3 is 2.33 bits per heavy atom. The van der Waals surface area contributed by atoms with Gasteiger partial charge in [0.1, 0.15) is 22.6 Å². The van der Waals surface area contributed by atoms with Crippen molar-refractivity contribution in [3.8, 4) is 11.5 Å². The molecule has 118 valence electrons. The summed E-state index contributed by atoms with van der Waals surface area (Å²) >= 11 is 18.0. The van der Waals surface area contributed by atoms with Crippen LogP contribution in [0, 0.1) is 0 Å². The van der Waals surface area contributed by atoms with Crippen LogP contribution in [-0.4, -0.2) is 19.8 Å². The molecule has 0 fully saturated rings. The maximum Gasteiger partial charge on any atom is 0.147 e. The molecule has 0 unspecified atom stereocenters. The molecule has 0 atom stereocenters. The first kappa shape index (κ1) is 19.1. The standard InChI is InChI=1S/C14H17Br2Cl2NO2/c15-11-8-10(20-7-4-13(17)18)9-12(16)14(11)21-6-3-1-2-5-19/h4,8-9H,1-3,5-7,19H2. The highest BCUT2D eigenvalue weighted by Gasteiger charge is 2.09. The van der Waals surface area contributed by atoms with E-state index in [9.17, 15) is 0 Å². The number of nitrogens with two attached hydrogens (primary N) is 1. The van der Waals surface area contributed by atoms with E-state index in [1.165, 1.54) is 0 Å². The molecule has 0 spiro atoms. The molecule has 0 saturated heterocycles. The minimum absolute atomic E-state index is 0.186. The maximum atomic E-state index is 5.77. The van der Waals surface area contributed by atoms with E-state index in [4.69, 9.17) is 38.4 Å². The van der Waals surface area contributed by atoms with Gasteiger partial charge < -0.3 is 15.2 Å². The van der Waals surface area contributed by atoms with Gasteiger partial charge in [-0.3, -0.25) is 0 Å². The van der Waals surface area contributed by atoms with Crippen molar-refractivity contribution in [3.05, 3.63) is 31.6 Å². The van der Waals surface area contributed by atoms with Crippen molar-refractivity contribution in [2.24, 2.45) is 5.73 Å². The topological polar surface area (TPSA) is 44.5 Å². The van der Waals surface area contributed by atoms with Gasteiger partial charge in [0.15, 0.2) is 0 Å².